The number of hydrogen-bond acceptors (Lipinski definition) is 6. The van der Waals surface area contributed by atoms with Gasteiger partial charge in [-0.1, -0.05) is 37.3 Å². The number of aliphatic hydroxyl groups excluding tert-OH is 2. The molecule has 0 amide bonds. The maximum absolute atomic E-state index is 12.3. The summed E-state index contributed by atoms with van der Waals surface area (Å²) in [5, 5.41) is 19.8. The number of hydrogen-bond donors (Lipinski definition) is 3. The summed E-state index contributed by atoms with van der Waals surface area (Å²) >= 11 is 0. The van der Waals surface area contributed by atoms with Crippen LogP contribution in [0.5, 0.6) is 0 Å². The molecule has 23 heavy (non-hydrogen) atoms. The molecule has 1 fully saturated rings. The quantitative estimate of drug-likeness (QED) is 0.665. The lowest BCUT2D eigenvalue weighted by atomic mass is 9.93. The van der Waals surface area contributed by atoms with Gasteiger partial charge in [0, 0.05) is 11.8 Å². The van der Waals surface area contributed by atoms with Gasteiger partial charge in [0.05, 0.1) is 25.9 Å². The minimum Gasteiger partial charge on any atom is -0.458 e. The molecule has 6 heteroatoms. The normalized spacial score (nSPS) is 29.6. The van der Waals surface area contributed by atoms with E-state index in [0.29, 0.717) is 13.0 Å². The van der Waals surface area contributed by atoms with Gasteiger partial charge in [-0.05, 0) is 12.0 Å². The van der Waals surface area contributed by atoms with Crippen molar-refractivity contribution in [1.82, 2.24) is 0 Å². The lowest BCUT2D eigenvalue weighted by Crippen LogP contribution is -2.46. The molecule has 2 rings (SSSR count). The molecule has 1 aliphatic rings. The average Bonchev–Trinajstić information content (AvgIpc) is 2.69. The molecule has 0 aromatic heterocycles. The summed E-state index contributed by atoms with van der Waals surface area (Å²) in [5.41, 5.74) is 6.86. The Morgan fingerprint density at radius 1 is 1.39 bits per heavy atom. The van der Waals surface area contributed by atoms with Crippen LogP contribution in [0.3, 0.4) is 0 Å². The first kappa shape index (κ1) is 17.9. The van der Waals surface area contributed by atoms with Crippen LogP contribution >= 0.6 is 0 Å². The van der Waals surface area contributed by atoms with Crippen molar-refractivity contribution in [1.29, 1.82) is 0 Å². The Kier molecular flexibility index (Phi) is 6.53. The van der Waals surface area contributed by atoms with Crippen LogP contribution in [0.4, 0.5) is 0 Å². The minimum absolute atomic E-state index is 0.185. The smallest absolute Gasteiger partial charge is 0.323 e. The first-order valence-corrected chi connectivity index (χ1v) is 7.89. The number of benzene rings is 1. The van der Waals surface area contributed by atoms with Gasteiger partial charge in [-0.15, -0.1) is 0 Å². The highest BCUT2D eigenvalue weighted by Gasteiger charge is 2.38. The lowest BCUT2D eigenvalue weighted by molar-refractivity contribution is -0.163. The molecular formula is C17H25NO5. The second-order valence-electron chi connectivity index (χ2n) is 6.15. The lowest BCUT2D eigenvalue weighted by Gasteiger charge is -2.29. The van der Waals surface area contributed by atoms with Crippen LogP contribution in [0.15, 0.2) is 30.3 Å². The Hall–Kier alpha value is -1.47. The second-order valence-corrected chi connectivity index (χ2v) is 6.15. The van der Waals surface area contributed by atoms with Gasteiger partial charge >= 0.3 is 5.97 Å². The van der Waals surface area contributed by atoms with Crippen molar-refractivity contribution >= 4 is 5.97 Å². The summed E-state index contributed by atoms with van der Waals surface area (Å²) in [7, 11) is 0. The number of nitrogens with two attached hydrogens (primary N) is 1. The minimum atomic E-state index is -0.887. The maximum atomic E-state index is 12.3. The fraction of sp³-hybridized carbons (Fsp3) is 0.588. The molecule has 1 saturated heterocycles. The molecule has 6 nitrogen and oxygen atoms in total. The summed E-state index contributed by atoms with van der Waals surface area (Å²) in [6, 6.07) is 8.61. The molecule has 1 aliphatic heterocycles. The molecule has 1 heterocycles. The van der Waals surface area contributed by atoms with Gasteiger partial charge in [-0.2, -0.15) is 0 Å². The number of carbonyl (C=O) groups is 1. The highest BCUT2D eigenvalue weighted by molar-refractivity contribution is 5.76. The van der Waals surface area contributed by atoms with E-state index in [2.05, 4.69) is 0 Å². The molecular weight excluding hydrogens is 298 g/mol. The van der Waals surface area contributed by atoms with Crippen LogP contribution in [-0.4, -0.2) is 54.3 Å². The first-order valence-electron chi connectivity index (χ1n) is 7.89. The van der Waals surface area contributed by atoms with Gasteiger partial charge in [-0.25, -0.2) is 0 Å². The van der Waals surface area contributed by atoms with Crippen molar-refractivity contribution < 1.29 is 24.5 Å². The largest absolute Gasteiger partial charge is 0.458 e. The fourth-order valence-corrected chi connectivity index (χ4v) is 2.70. The van der Waals surface area contributed by atoms with Crippen LogP contribution in [0.2, 0.25) is 0 Å². The third-order valence-corrected chi connectivity index (χ3v) is 4.18. The van der Waals surface area contributed by atoms with Gasteiger partial charge < -0.3 is 25.4 Å². The van der Waals surface area contributed by atoms with E-state index >= 15 is 0 Å². The molecule has 1 aromatic carbocycles. The first-order chi connectivity index (χ1) is 11.0. The van der Waals surface area contributed by atoms with Crippen molar-refractivity contribution in [2.75, 3.05) is 19.8 Å². The molecule has 0 radical (unpaired) electrons. The van der Waals surface area contributed by atoms with Crippen molar-refractivity contribution in [2.45, 2.75) is 31.6 Å². The molecule has 0 aliphatic carbocycles. The molecule has 0 spiro atoms. The van der Waals surface area contributed by atoms with E-state index in [1.165, 1.54) is 0 Å². The summed E-state index contributed by atoms with van der Waals surface area (Å²) in [4.78, 5) is 12.3. The molecule has 0 saturated carbocycles. The van der Waals surface area contributed by atoms with Gasteiger partial charge in [0.25, 0.3) is 0 Å². The summed E-state index contributed by atoms with van der Waals surface area (Å²) in [5.74, 6) is -1.22. The third-order valence-electron chi connectivity index (χ3n) is 4.18. The zero-order valence-corrected chi connectivity index (χ0v) is 13.3. The van der Waals surface area contributed by atoms with E-state index in [0.717, 1.165) is 5.56 Å². The van der Waals surface area contributed by atoms with E-state index in [4.69, 9.17) is 15.2 Å². The highest BCUT2D eigenvalue weighted by atomic mass is 16.6. The zero-order chi connectivity index (χ0) is 16.8. The zero-order valence-electron chi connectivity index (χ0n) is 13.3. The SMILES string of the molecule is C[C@@H]1COC[C@H](CO)[C@H](OC(=O)C(N)Cc2ccccc2)C1O. The average molecular weight is 323 g/mol. The van der Waals surface area contributed by atoms with Crippen molar-refractivity contribution in [3.63, 3.8) is 0 Å². The van der Waals surface area contributed by atoms with E-state index in [-0.39, 0.29) is 19.1 Å². The van der Waals surface area contributed by atoms with Gasteiger partial charge in [0.2, 0.25) is 0 Å². The molecule has 0 bridgehead atoms. The van der Waals surface area contributed by atoms with Crippen LogP contribution < -0.4 is 5.73 Å². The molecule has 5 atom stereocenters. The molecule has 4 N–H and O–H groups in total. The van der Waals surface area contributed by atoms with E-state index in [9.17, 15) is 15.0 Å². The topological polar surface area (TPSA) is 102 Å². The molecule has 128 valence electrons. The van der Waals surface area contributed by atoms with Crippen LogP contribution in [0.25, 0.3) is 0 Å². The number of carbonyl (C=O) groups excluding carboxylic acids is 1. The van der Waals surface area contributed by atoms with Crippen LogP contribution in [0, 0.1) is 11.8 Å². The van der Waals surface area contributed by atoms with E-state index < -0.39 is 30.1 Å². The van der Waals surface area contributed by atoms with Crippen LogP contribution in [0.1, 0.15) is 12.5 Å². The number of rotatable bonds is 5. The van der Waals surface area contributed by atoms with Gasteiger partial charge in [0.15, 0.2) is 0 Å². The second kappa shape index (κ2) is 8.40. The molecule has 1 aromatic rings. The highest BCUT2D eigenvalue weighted by Crippen LogP contribution is 2.23. The maximum Gasteiger partial charge on any atom is 0.323 e. The summed E-state index contributed by atoms with van der Waals surface area (Å²) in [6.45, 7) is 2.19. The predicted molar refractivity (Wildman–Crippen MR) is 84.6 cm³/mol. The van der Waals surface area contributed by atoms with Gasteiger partial charge in [0.1, 0.15) is 12.1 Å². The Bertz CT molecular complexity index is 493. The van der Waals surface area contributed by atoms with Crippen molar-refractivity contribution in [3.8, 4) is 0 Å². The monoisotopic (exact) mass is 323 g/mol. The van der Waals surface area contributed by atoms with Crippen molar-refractivity contribution in [2.24, 2.45) is 17.6 Å². The van der Waals surface area contributed by atoms with Crippen molar-refractivity contribution in [3.05, 3.63) is 35.9 Å². The Morgan fingerprint density at radius 2 is 2.09 bits per heavy atom. The Morgan fingerprint density at radius 3 is 2.74 bits per heavy atom. The standard InChI is InChI=1S/C17H25NO5/c1-11-9-22-10-13(8-19)16(15(11)20)23-17(21)14(18)7-12-5-3-2-4-6-12/h2-6,11,13-16,19-20H,7-10,18H2,1H3/t11-,13+,14?,15?,16+/m1/s1. The number of esters is 1. The summed E-state index contributed by atoms with van der Waals surface area (Å²) in [6.07, 6.45) is -1.34. The van der Waals surface area contributed by atoms with Gasteiger partial charge in [-0.3, -0.25) is 4.79 Å². The number of aliphatic hydroxyl groups is 2. The number of ether oxygens (including phenoxy) is 2. The van der Waals surface area contributed by atoms with E-state index in [1.807, 2.05) is 37.3 Å². The van der Waals surface area contributed by atoms with Crippen LogP contribution in [-0.2, 0) is 20.7 Å². The predicted octanol–water partition coefficient (Wildman–Crippen LogP) is 0.104. The molecule has 2 unspecified atom stereocenters. The Balaban J connectivity index is 2.00. The third kappa shape index (κ3) is 4.75. The van der Waals surface area contributed by atoms with E-state index in [1.54, 1.807) is 0 Å². The fourth-order valence-electron chi connectivity index (χ4n) is 2.70. The Labute approximate surface area is 136 Å². The summed E-state index contributed by atoms with van der Waals surface area (Å²) < 4.78 is 10.8.